The summed E-state index contributed by atoms with van der Waals surface area (Å²) in [6, 6.07) is 8.16. The first-order valence-electron chi connectivity index (χ1n) is 7.67. The molecule has 2 aromatic heterocycles. The van der Waals surface area contributed by atoms with Crippen molar-refractivity contribution in [3.63, 3.8) is 0 Å². The summed E-state index contributed by atoms with van der Waals surface area (Å²) in [7, 11) is 0. The normalized spacial score (nSPS) is 12.3. The van der Waals surface area contributed by atoms with E-state index in [2.05, 4.69) is 15.4 Å². The SMILES string of the molecule is CC[C@H](C)n1nccc1NC(=O)c1cc(=O)[nH]c2ccc(Cl)cc12. The first-order valence-corrected chi connectivity index (χ1v) is 8.05. The molecule has 0 aliphatic carbocycles. The molecule has 0 aliphatic rings. The summed E-state index contributed by atoms with van der Waals surface area (Å²) < 4.78 is 1.75. The largest absolute Gasteiger partial charge is 0.322 e. The Labute approximate surface area is 143 Å². The second-order valence-corrected chi connectivity index (χ2v) is 6.05. The molecule has 1 atom stereocenters. The van der Waals surface area contributed by atoms with Crippen molar-refractivity contribution in [1.29, 1.82) is 0 Å². The van der Waals surface area contributed by atoms with Crippen LogP contribution in [0.5, 0.6) is 0 Å². The van der Waals surface area contributed by atoms with Crippen LogP contribution in [0.4, 0.5) is 5.82 Å². The predicted octanol–water partition coefficient (Wildman–Crippen LogP) is 3.60. The van der Waals surface area contributed by atoms with Gasteiger partial charge in [0, 0.05) is 28.1 Å². The lowest BCUT2D eigenvalue weighted by atomic mass is 10.1. The molecular weight excluding hydrogens is 328 g/mol. The van der Waals surface area contributed by atoms with Crippen LogP contribution in [0.25, 0.3) is 10.9 Å². The number of aromatic amines is 1. The molecule has 2 heterocycles. The number of benzene rings is 1. The number of hydrogen-bond acceptors (Lipinski definition) is 3. The smallest absolute Gasteiger partial charge is 0.257 e. The molecule has 124 valence electrons. The van der Waals surface area contributed by atoms with Crippen molar-refractivity contribution in [2.75, 3.05) is 5.32 Å². The fourth-order valence-corrected chi connectivity index (χ4v) is 2.71. The first-order chi connectivity index (χ1) is 11.5. The molecule has 0 saturated carbocycles. The highest BCUT2D eigenvalue weighted by Crippen LogP contribution is 2.22. The first kappa shape index (κ1) is 16.3. The van der Waals surface area contributed by atoms with Crippen molar-refractivity contribution in [2.24, 2.45) is 0 Å². The van der Waals surface area contributed by atoms with Crippen LogP contribution in [0, 0.1) is 0 Å². The van der Waals surface area contributed by atoms with Gasteiger partial charge in [-0.25, -0.2) is 4.68 Å². The van der Waals surface area contributed by atoms with Gasteiger partial charge in [0.2, 0.25) is 5.56 Å². The highest BCUT2D eigenvalue weighted by Gasteiger charge is 2.16. The third-order valence-electron chi connectivity index (χ3n) is 3.97. The van der Waals surface area contributed by atoms with Gasteiger partial charge in [0.15, 0.2) is 0 Å². The number of rotatable bonds is 4. The van der Waals surface area contributed by atoms with Crippen molar-refractivity contribution >= 4 is 34.2 Å². The van der Waals surface area contributed by atoms with Crippen molar-refractivity contribution in [3.05, 3.63) is 57.5 Å². The van der Waals surface area contributed by atoms with Crippen LogP contribution in [-0.2, 0) is 0 Å². The number of H-pyrrole nitrogens is 1. The maximum absolute atomic E-state index is 12.7. The molecule has 2 N–H and O–H groups in total. The highest BCUT2D eigenvalue weighted by atomic mass is 35.5. The molecule has 0 aliphatic heterocycles. The maximum atomic E-state index is 12.7. The molecule has 0 radical (unpaired) electrons. The lowest BCUT2D eigenvalue weighted by Gasteiger charge is -2.14. The number of amides is 1. The molecule has 0 bridgehead atoms. The monoisotopic (exact) mass is 344 g/mol. The number of carbonyl (C=O) groups excluding carboxylic acids is 1. The van der Waals surface area contributed by atoms with E-state index in [9.17, 15) is 9.59 Å². The molecule has 7 heteroatoms. The predicted molar refractivity (Wildman–Crippen MR) is 94.8 cm³/mol. The minimum absolute atomic E-state index is 0.153. The van der Waals surface area contributed by atoms with Gasteiger partial charge in [0.05, 0.1) is 17.8 Å². The number of hydrogen-bond donors (Lipinski definition) is 2. The van der Waals surface area contributed by atoms with Crippen LogP contribution in [-0.4, -0.2) is 20.7 Å². The molecule has 24 heavy (non-hydrogen) atoms. The summed E-state index contributed by atoms with van der Waals surface area (Å²) in [5.74, 6) is 0.211. The zero-order valence-electron chi connectivity index (χ0n) is 13.3. The summed E-state index contributed by atoms with van der Waals surface area (Å²) in [4.78, 5) is 27.2. The van der Waals surface area contributed by atoms with Crippen LogP contribution in [0.1, 0.15) is 36.7 Å². The van der Waals surface area contributed by atoms with Gasteiger partial charge < -0.3 is 10.3 Å². The zero-order valence-corrected chi connectivity index (χ0v) is 14.1. The van der Waals surface area contributed by atoms with E-state index in [4.69, 9.17) is 11.6 Å². The van der Waals surface area contributed by atoms with Crippen LogP contribution in [0.2, 0.25) is 5.02 Å². The van der Waals surface area contributed by atoms with E-state index in [0.717, 1.165) is 6.42 Å². The van der Waals surface area contributed by atoms with E-state index >= 15 is 0 Å². The molecule has 1 aromatic carbocycles. The Hall–Kier alpha value is -2.60. The second kappa shape index (κ2) is 6.49. The van der Waals surface area contributed by atoms with Crippen molar-refractivity contribution in [1.82, 2.24) is 14.8 Å². The Balaban J connectivity index is 2.02. The van der Waals surface area contributed by atoms with Crippen molar-refractivity contribution in [3.8, 4) is 0 Å². The topological polar surface area (TPSA) is 79.8 Å². The van der Waals surface area contributed by atoms with Gasteiger partial charge >= 0.3 is 0 Å². The number of carbonyl (C=O) groups is 1. The van der Waals surface area contributed by atoms with Gasteiger partial charge in [-0.2, -0.15) is 5.10 Å². The quantitative estimate of drug-likeness (QED) is 0.758. The number of aromatic nitrogens is 3. The number of anilines is 1. The Bertz CT molecular complexity index is 961. The van der Waals surface area contributed by atoms with Crippen LogP contribution >= 0.6 is 11.6 Å². The maximum Gasteiger partial charge on any atom is 0.257 e. The van der Waals surface area contributed by atoms with Gasteiger partial charge in [0.1, 0.15) is 5.82 Å². The molecular formula is C17H17ClN4O2. The molecule has 0 spiro atoms. The van der Waals surface area contributed by atoms with E-state index in [1.165, 1.54) is 6.07 Å². The highest BCUT2D eigenvalue weighted by molar-refractivity contribution is 6.31. The fourth-order valence-electron chi connectivity index (χ4n) is 2.53. The average molecular weight is 345 g/mol. The molecule has 0 saturated heterocycles. The van der Waals surface area contributed by atoms with Crippen molar-refractivity contribution in [2.45, 2.75) is 26.3 Å². The number of nitrogens with zero attached hydrogens (tertiary/aromatic N) is 2. The minimum atomic E-state index is -0.376. The lowest BCUT2D eigenvalue weighted by Crippen LogP contribution is -2.20. The van der Waals surface area contributed by atoms with E-state index in [1.54, 1.807) is 35.1 Å². The summed E-state index contributed by atoms with van der Waals surface area (Å²) in [6.45, 7) is 4.06. The van der Waals surface area contributed by atoms with Crippen LogP contribution in [0.3, 0.4) is 0 Å². The second-order valence-electron chi connectivity index (χ2n) is 5.61. The molecule has 1 amide bonds. The number of nitrogens with one attached hydrogen (secondary N) is 2. The summed E-state index contributed by atoms with van der Waals surface area (Å²) in [5.41, 5.74) is 0.492. The zero-order chi connectivity index (χ0) is 17.3. The van der Waals surface area contributed by atoms with E-state index in [-0.39, 0.29) is 23.1 Å². The summed E-state index contributed by atoms with van der Waals surface area (Å²) >= 11 is 6.03. The van der Waals surface area contributed by atoms with E-state index in [0.29, 0.717) is 21.7 Å². The minimum Gasteiger partial charge on any atom is -0.322 e. The summed E-state index contributed by atoms with van der Waals surface area (Å²) in [6.07, 6.45) is 2.52. The average Bonchev–Trinajstić information content (AvgIpc) is 3.01. The van der Waals surface area contributed by atoms with Crippen molar-refractivity contribution < 1.29 is 4.79 Å². The summed E-state index contributed by atoms with van der Waals surface area (Å²) in [5, 5.41) is 8.15. The van der Waals surface area contributed by atoms with Gasteiger partial charge in [-0.05, 0) is 31.5 Å². The Morgan fingerprint density at radius 1 is 1.38 bits per heavy atom. The third-order valence-corrected chi connectivity index (χ3v) is 4.21. The van der Waals surface area contributed by atoms with Crippen LogP contribution < -0.4 is 10.9 Å². The van der Waals surface area contributed by atoms with Gasteiger partial charge in [-0.3, -0.25) is 9.59 Å². The fraction of sp³-hybridized carbons (Fsp3) is 0.235. The lowest BCUT2D eigenvalue weighted by molar-refractivity contribution is 0.102. The number of pyridine rings is 1. The molecule has 6 nitrogen and oxygen atoms in total. The third kappa shape index (κ3) is 3.05. The molecule has 0 unspecified atom stereocenters. The van der Waals surface area contributed by atoms with E-state index < -0.39 is 0 Å². The Morgan fingerprint density at radius 3 is 2.92 bits per heavy atom. The Kier molecular flexibility index (Phi) is 4.40. The van der Waals surface area contributed by atoms with Gasteiger partial charge in [-0.15, -0.1) is 0 Å². The number of halogens is 1. The number of fused-ring (bicyclic) bond motifs is 1. The van der Waals surface area contributed by atoms with Gasteiger partial charge in [-0.1, -0.05) is 18.5 Å². The van der Waals surface area contributed by atoms with E-state index in [1.807, 2.05) is 13.8 Å². The molecule has 3 rings (SSSR count). The molecule has 3 aromatic rings. The van der Waals surface area contributed by atoms with Crippen LogP contribution in [0.15, 0.2) is 41.3 Å². The van der Waals surface area contributed by atoms with Gasteiger partial charge in [0.25, 0.3) is 5.91 Å². The standard InChI is InChI=1S/C17H17ClN4O2/c1-3-10(2)22-15(6-7-19-22)21-17(24)13-9-16(23)20-14-5-4-11(18)8-12(13)14/h4-10H,3H2,1-2H3,(H,20,23)(H,21,24)/t10-/m0/s1. The molecule has 0 fully saturated rings. The Morgan fingerprint density at radius 2 is 2.17 bits per heavy atom.